The quantitative estimate of drug-likeness (QED) is 0.785. The number of halogens is 1. The molecule has 0 fully saturated rings. The van der Waals surface area contributed by atoms with Gasteiger partial charge in [0.1, 0.15) is 17.7 Å². The van der Waals surface area contributed by atoms with Gasteiger partial charge in [0.25, 0.3) is 0 Å². The van der Waals surface area contributed by atoms with Crippen molar-refractivity contribution in [3.05, 3.63) is 41.2 Å². The van der Waals surface area contributed by atoms with E-state index in [4.69, 9.17) is 4.74 Å². The third kappa shape index (κ3) is 2.59. The lowest BCUT2D eigenvalue weighted by Gasteiger charge is -2.37. The van der Waals surface area contributed by atoms with Crippen molar-refractivity contribution in [3.63, 3.8) is 0 Å². The molecule has 0 radical (unpaired) electrons. The molecule has 3 rings (SSSR count). The second kappa shape index (κ2) is 5.21. The predicted octanol–water partition coefficient (Wildman–Crippen LogP) is 4.00. The van der Waals surface area contributed by atoms with Crippen LogP contribution in [0.2, 0.25) is 0 Å². The molecule has 1 heterocycles. The third-order valence-electron chi connectivity index (χ3n) is 4.42. The maximum Gasteiger partial charge on any atom is 0.128 e. The Morgan fingerprint density at radius 2 is 2.10 bits per heavy atom. The predicted molar refractivity (Wildman–Crippen MR) is 76.0 cm³/mol. The van der Waals surface area contributed by atoms with E-state index in [2.05, 4.69) is 19.9 Å². The topological polar surface area (TPSA) is 29.5 Å². The summed E-state index contributed by atoms with van der Waals surface area (Å²) < 4.78 is 19.3. The lowest BCUT2D eigenvalue weighted by molar-refractivity contribution is 0.0270. The normalized spacial score (nSPS) is 33.1. The summed E-state index contributed by atoms with van der Waals surface area (Å²) in [6.45, 7) is 4.36. The van der Waals surface area contributed by atoms with Crippen molar-refractivity contribution < 1.29 is 14.2 Å². The van der Waals surface area contributed by atoms with Crippen LogP contribution in [0.1, 0.15) is 44.8 Å². The van der Waals surface area contributed by atoms with Crippen molar-refractivity contribution in [1.29, 1.82) is 0 Å². The van der Waals surface area contributed by atoms with E-state index >= 15 is 0 Å². The van der Waals surface area contributed by atoms with Crippen molar-refractivity contribution >= 4 is 0 Å². The molecule has 1 aliphatic carbocycles. The molecule has 1 aromatic carbocycles. The first-order valence-corrected chi connectivity index (χ1v) is 7.34. The van der Waals surface area contributed by atoms with Crippen LogP contribution in [0.3, 0.4) is 0 Å². The van der Waals surface area contributed by atoms with Crippen LogP contribution in [0.5, 0.6) is 5.75 Å². The van der Waals surface area contributed by atoms with Gasteiger partial charge in [-0.25, -0.2) is 4.39 Å². The Morgan fingerprint density at radius 3 is 2.85 bits per heavy atom. The van der Waals surface area contributed by atoms with Crippen molar-refractivity contribution in [2.45, 2.75) is 45.3 Å². The molecule has 2 aliphatic rings. The van der Waals surface area contributed by atoms with E-state index in [1.807, 2.05) is 0 Å². The van der Waals surface area contributed by atoms with Crippen LogP contribution >= 0.6 is 0 Å². The number of aliphatic hydroxyl groups is 1. The maximum atomic E-state index is 13.3. The van der Waals surface area contributed by atoms with Gasteiger partial charge in [0, 0.05) is 24.0 Å². The summed E-state index contributed by atoms with van der Waals surface area (Å²) in [5, 5.41) is 10.3. The van der Waals surface area contributed by atoms with Crippen molar-refractivity contribution in [2.75, 3.05) is 0 Å². The summed E-state index contributed by atoms with van der Waals surface area (Å²) in [6, 6.07) is 4.39. The summed E-state index contributed by atoms with van der Waals surface area (Å²) in [4.78, 5) is 0. The number of allylic oxidation sites excluding steroid dienone is 2. The minimum atomic E-state index is -0.550. The van der Waals surface area contributed by atoms with Crippen molar-refractivity contribution in [1.82, 2.24) is 0 Å². The molecule has 0 amide bonds. The number of benzene rings is 1. The van der Waals surface area contributed by atoms with Crippen LogP contribution in [0, 0.1) is 17.7 Å². The van der Waals surface area contributed by atoms with Gasteiger partial charge in [0.2, 0.25) is 0 Å². The van der Waals surface area contributed by atoms with Gasteiger partial charge in [-0.05, 0) is 37.8 Å². The molecule has 2 nitrogen and oxygen atoms in total. The molecule has 3 heteroatoms. The average Bonchev–Trinajstić information content (AvgIpc) is 2.36. The first-order valence-electron chi connectivity index (χ1n) is 7.34. The van der Waals surface area contributed by atoms with Gasteiger partial charge in [-0.15, -0.1) is 0 Å². The number of hydrogen-bond acceptors (Lipinski definition) is 2. The van der Waals surface area contributed by atoms with Crippen LogP contribution < -0.4 is 4.74 Å². The molecule has 20 heavy (non-hydrogen) atoms. The first kappa shape index (κ1) is 13.6. The fraction of sp³-hybridized carbons (Fsp3) is 0.529. The van der Waals surface area contributed by atoms with E-state index in [0.29, 0.717) is 29.6 Å². The molecule has 0 spiro atoms. The minimum absolute atomic E-state index is 0.0228. The summed E-state index contributed by atoms with van der Waals surface area (Å²) in [6.07, 6.45) is 4.41. The lowest BCUT2D eigenvalue weighted by Crippen LogP contribution is -2.35. The Kier molecular flexibility index (Phi) is 3.55. The van der Waals surface area contributed by atoms with Gasteiger partial charge in [-0.1, -0.05) is 18.6 Å². The van der Waals surface area contributed by atoms with E-state index < -0.39 is 6.10 Å². The average molecular weight is 276 g/mol. The number of hydrogen-bond donors (Lipinski definition) is 1. The lowest BCUT2D eigenvalue weighted by atomic mass is 9.78. The van der Waals surface area contributed by atoms with Crippen LogP contribution in [0.25, 0.3) is 0 Å². The number of fused-ring (bicyclic) bond motifs is 1. The first-order chi connectivity index (χ1) is 9.52. The molecule has 0 saturated heterocycles. The monoisotopic (exact) mass is 276 g/mol. The highest BCUT2D eigenvalue weighted by atomic mass is 19.1. The molecular formula is C17H21FO2. The summed E-state index contributed by atoms with van der Waals surface area (Å²) in [7, 11) is 0. The van der Waals surface area contributed by atoms with Gasteiger partial charge in [-0.3, -0.25) is 0 Å². The Hall–Kier alpha value is -1.35. The molecule has 1 N–H and O–H groups in total. The van der Waals surface area contributed by atoms with E-state index in [1.165, 1.54) is 17.7 Å². The second-order valence-electron chi connectivity index (χ2n) is 6.28. The number of rotatable bonds is 1. The standard InChI is InChI=1S/C17H21FO2/c1-10-5-11(2)7-12(6-10)16-9-15(19)14-4-3-13(18)8-17(14)20-16/h3-5,8,10,12,15-16,19H,6-7,9H2,1-2H3. The zero-order chi connectivity index (χ0) is 14.3. The van der Waals surface area contributed by atoms with Gasteiger partial charge < -0.3 is 9.84 Å². The van der Waals surface area contributed by atoms with Crippen LogP contribution in [-0.2, 0) is 0 Å². The van der Waals surface area contributed by atoms with Crippen LogP contribution in [0.15, 0.2) is 29.8 Å². The molecule has 4 unspecified atom stereocenters. The van der Waals surface area contributed by atoms with Crippen molar-refractivity contribution in [2.24, 2.45) is 11.8 Å². The zero-order valence-electron chi connectivity index (χ0n) is 12.0. The van der Waals surface area contributed by atoms with Gasteiger partial charge >= 0.3 is 0 Å². The minimum Gasteiger partial charge on any atom is -0.490 e. The maximum absolute atomic E-state index is 13.3. The summed E-state index contributed by atoms with van der Waals surface area (Å²) in [5.74, 6) is 1.14. The Bertz CT molecular complexity index is 538. The number of aliphatic hydroxyl groups excluding tert-OH is 1. The molecule has 108 valence electrons. The largest absolute Gasteiger partial charge is 0.490 e. The Labute approximate surface area is 119 Å². The molecule has 0 bridgehead atoms. The Balaban J connectivity index is 1.82. The molecule has 1 aliphatic heterocycles. The number of ether oxygens (including phenoxy) is 1. The second-order valence-corrected chi connectivity index (χ2v) is 6.28. The molecule has 4 atom stereocenters. The van der Waals surface area contributed by atoms with Crippen LogP contribution in [0.4, 0.5) is 4.39 Å². The third-order valence-corrected chi connectivity index (χ3v) is 4.42. The summed E-state index contributed by atoms with van der Waals surface area (Å²) >= 11 is 0. The highest BCUT2D eigenvalue weighted by Gasteiger charge is 2.34. The van der Waals surface area contributed by atoms with Gasteiger partial charge in [0.15, 0.2) is 0 Å². The summed E-state index contributed by atoms with van der Waals surface area (Å²) in [5.41, 5.74) is 2.09. The Morgan fingerprint density at radius 1 is 1.30 bits per heavy atom. The van der Waals surface area contributed by atoms with Gasteiger partial charge in [-0.2, -0.15) is 0 Å². The van der Waals surface area contributed by atoms with Crippen LogP contribution in [-0.4, -0.2) is 11.2 Å². The molecular weight excluding hydrogens is 255 g/mol. The fourth-order valence-electron chi connectivity index (χ4n) is 3.61. The SMILES string of the molecule is CC1=CC(C)CC(C2CC(O)c3ccc(F)cc3O2)C1. The highest BCUT2D eigenvalue weighted by molar-refractivity contribution is 5.37. The van der Waals surface area contributed by atoms with E-state index in [9.17, 15) is 9.50 Å². The smallest absolute Gasteiger partial charge is 0.128 e. The molecule has 0 aromatic heterocycles. The zero-order valence-corrected chi connectivity index (χ0v) is 12.0. The van der Waals surface area contributed by atoms with Crippen molar-refractivity contribution in [3.8, 4) is 5.75 Å². The van der Waals surface area contributed by atoms with E-state index in [0.717, 1.165) is 12.8 Å². The fourth-order valence-corrected chi connectivity index (χ4v) is 3.61. The molecule has 1 aromatic rings. The molecule has 0 saturated carbocycles. The highest BCUT2D eigenvalue weighted by Crippen LogP contribution is 2.41. The van der Waals surface area contributed by atoms with Gasteiger partial charge in [0.05, 0.1) is 6.10 Å². The van der Waals surface area contributed by atoms with E-state index in [1.54, 1.807) is 6.07 Å². The van der Waals surface area contributed by atoms with E-state index in [-0.39, 0.29) is 11.9 Å².